The highest BCUT2D eigenvalue weighted by molar-refractivity contribution is 5.94. The maximum Gasteiger partial charge on any atom is 0.237 e. The lowest BCUT2D eigenvalue weighted by Gasteiger charge is -2.34. The van der Waals surface area contributed by atoms with Gasteiger partial charge in [-0.1, -0.05) is 19.8 Å². The highest BCUT2D eigenvalue weighted by Crippen LogP contribution is 2.07. The Balaban J connectivity index is 1.85. The van der Waals surface area contributed by atoms with Gasteiger partial charge in [-0.2, -0.15) is 0 Å². The number of hydrogen-bond acceptors (Lipinski definition) is 6. The summed E-state index contributed by atoms with van der Waals surface area (Å²) in [4.78, 5) is 49.2. The van der Waals surface area contributed by atoms with E-state index in [0.717, 1.165) is 19.3 Å². The number of piperazine rings is 2. The van der Waals surface area contributed by atoms with Crippen LogP contribution in [-0.2, 0) is 19.2 Å². The van der Waals surface area contributed by atoms with E-state index in [0.29, 0.717) is 13.1 Å². The van der Waals surface area contributed by atoms with Gasteiger partial charge in [0.15, 0.2) is 11.6 Å². The molecule has 2 rings (SSSR count). The van der Waals surface area contributed by atoms with Gasteiger partial charge >= 0.3 is 0 Å². The van der Waals surface area contributed by atoms with Crippen LogP contribution in [0.15, 0.2) is 0 Å². The van der Waals surface area contributed by atoms with Crippen LogP contribution in [0.25, 0.3) is 0 Å². The highest BCUT2D eigenvalue weighted by atomic mass is 16.2. The molecule has 2 heterocycles. The number of rotatable bonds is 7. The molecule has 0 unspecified atom stereocenters. The molecular formula is C16H26N4O4. The van der Waals surface area contributed by atoms with E-state index < -0.39 is 12.1 Å². The van der Waals surface area contributed by atoms with Crippen LogP contribution < -0.4 is 16.0 Å². The number of Topliss-reactive ketones (excluding diaryl/α,β-unsaturated/α-hetero) is 2. The van der Waals surface area contributed by atoms with Gasteiger partial charge in [0.2, 0.25) is 11.8 Å². The van der Waals surface area contributed by atoms with Crippen LogP contribution in [0.5, 0.6) is 0 Å². The molecular weight excluding hydrogens is 312 g/mol. The van der Waals surface area contributed by atoms with Gasteiger partial charge in [-0.05, 0) is 13.3 Å². The molecule has 8 heteroatoms. The smallest absolute Gasteiger partial charge is 0.237 e. The largest absolute Gasteiger partial charge is 0.344 e. The molecule has 0 aromatic carbocycles. The molecule has 0 spiro atoms. The van der Waals surface area contributed by atoms with Gasteiger partial charge in [-0.15, -0.1) is 0 Å². The normalized spacial score (nSPS) is 28.2. The van der Waals surface area contributed by atoms with E-state index in [2.05, 4.69) is 22.9 Å². The van der Waals surface area contributed by atoms with E-state index >= 15 is 0 Å². The summed E-state index contributed by atoms with van der Waals surface area (Å²) in [6.07, 6.45) is 2.73. The van der Waals surface area contributed by atoms with E-state index in [1.807, 2.05) is 0 Å². The first kappa shape index (κ1) is 18.5. The van der Waals surface area contributed by atoms with Gasteiger partial charge in [0.1, 0.15) is 6.04 Å². The average Bonchev–Trinajstić information content (AvgIpc) is 2.53. The second-order valence-corrected chi connectivity index (χ2v) is 6.53. The Morgan fingerprint density at radius 1 is 1.21 bits per heavy atom. The molecule has 2 fully saturated rings. The molecule has 8 nitrogen and oxygen atoms in total. The first-order valence-corrected chi connectivity index (χ1v) is 8.49. The van der Waals surface area contributed by atoms with Crippen LogP contribution in [0.4, 0.5) is 0 Å². The average molecular weight is 338 g/mol. The summed E-state index contributed by atoms with van der Waals surface area (Å²) in [6.45, 7) is 4.33. The van der Waals surface area contributed by atoms with Gasteiger partial charge in [-0.3, -0.25) is 24.1 Å². The van der Waals surface area contributed by atoms with E-state index in [1.165, 1.54) is 6.92 Å². The van der Waals surface area contributed by atoms with Gasteiger partial charge < -0.3 is 16.0 Å². The second-order valence-electron chi connectivity index (χ2n) is 6.53. The fourth-order valence-electron chi connectivity index (χ4n) is 3.00. The number of nitrogens with zero attached hydrogens (tertiary/aromatic N) is 1. The molecule has 3 atom stereocenters. The van der Waals surface area contributed by atoms with Crippen LogP contribution in [-0.4, -0.2) is 72.6 Å². The molecule has 2 aliphatic heterocycles. The van der Waals surface area contributed by atoms with Crippen molar-refractivity contribution >= 4 is 23.4 Å². The Labute approximate surface area is 141 Å². The monoisotopic (exact) mass is 338 g/mol. The molecule has 0 aromatic heterocycles. The standard InChI is InChI=1S/C16H26N4O4/c1-3-4-5-11-16(24)19-12(6-17-11)14(22)8-20-7-13(10(2)21)18-15(23)9-20/h11-13,17H,3-9H2,1-2H3,(H,18,23)(H,19,24)/t11-,12+,13+/m0/s1. The molecule has 0 bridgehead atoms. The van der Waals surface area contributed by atoms with Crippen LogP contribution in [0.2, 0.25) is 0 Å². The molecule has 2 amide bonds. The maximum atomic E-state index is 12.4. The maximum absolute atomic E-state index is 12.4. The first-order valence-electron chi connectivity index (χ1n) is 8.49. The Hall–Kier alpha value is -1.80. The molecule has 0 radical (unpaired) electrons. The SMILES string of the molecule is CCCC[C@@H]1NC[C@H](C(=O)CN2CC(=O)N[C@@H](C(C)=O)C2)NC1=O. The van der Waals surface area contributed by atoms with Crippen LogP contribution in [0.1, 0.15) is 33.1 Å². The van der Waals surface area contributed by atoms with Crippen molar-refractivity contribution < 1.29 is 19.2 Å². The summed E-state index contributed by atoms with van der Waals surface area (Å²) in [6, 6.07) is -1.40. The lowest BCUT2D eigenvalue weighted by atomic mass is 10.0. The predicted molar refractivity (Wildman–Crippen MR) is 87.3 cm³/mol. The van der Waals surface area contributed by atoms with Crippen molar-refractivity contribution in [3.63, 3.8) is 0 Å². The number of ketones is 2. The summed E-state index contributed by atoms with van der Waals surface area (Å²) >= 11 is 0. The van der Waals surface area contributed by atoms with Crippen molar-refractivity contribution in [2.24, 2.45) is 0 Å². The third-order valence-corrected chi connectivity index (χ3v) is 4.45. The minimum absolute atomic E-state index is 0.0451. The van der Waals surface area contributed by atoms with Crippen molar-refractivity contribution in [1.29, 1.82) is 0 Å². The molecule has 0 aliphatic carbocycles. The lowest BCUT2D eigenvalue weighted by Crippen LogP contribution is -2.63. The zero-order valence-electron chi connectivity index (χ0n) is 14.3. The van der Waals surface area contributed by atoms with E-state index in [1.54, 1.807) is 4.90 Å². The lowest BCUT2D eigenvalue weighted by molar-refractivity contribution is -0.135. The number of hydrogen-bond donors (Lipinski definition) is 3. The van der Waals surface area contributed by atoms with Crippen LogP contribution in [0, 0.1) is 0 Å². The topological polar surface area (TPSA) is 108 Å². The summed E-state index contributed by atoms with van der Waals surface area (Å²) in [5, 5.41) is 8.50. The second kappa shape index (κ2) is 8.34. The molecule has 3 N–H and O–H groups in total. The molecule has 0 saturated carbocycles. The zero-order valence-corrected chi connectivity index (χ0v) is 14.3. The molecule has 2 aliphatic rings. The zero-order chi connectivity index (χ0) is 17.7. The fourth-order valence-corrected chi connectivity index (χ4v) is 3.00. The Kier molecular flexibility index (Phi) is 6.44. The minimum atomic E-state index is -0.587. The summed E-state index contributed by atoms with van der Waals surface area (Å²) in [7, 11) is 0. The van der Waals surface area contributed by atoms with Gasteiger partial charge in [0.25, 0.3) is 0 Å². The number of carbonyl (C=O) groups excluding carboxylic acids is 4. The van der Waals surface area contributed by atoms with E-state index in [4.69, 9.17) is 0 Å². The first-order chi connectivity index (χ1) is 11.4. The number of carbonyl (C=O) groups is 4. The van der Waals surface area contributed by atoms with Crippen molar-refractivity contribution in [3.05, 3.63) is 0 Å². The van der Waals surface area contributed by atoms with E-state index in [9.17, 15) is 19.2 Å². The number of nitrogens with one attached hydrogen (secondary N) is 3. The summed E-state index contributed by atoms with van der Waals surface area (Å²) in [5.41, 5.74) is 0. The minimum Gasteiger partial charge on any atom is -0.344 e. The Morgan fingerprint density at radius 2 is 1.96 bits per heavy atom. The summed E-state index contributed by atoms with van der Waals surface area (Å²) in [5.74, 6) is -0.695. The number of amides is 2. The predicted octanol–water partition coefficient (Wildman–Crippen LogP) is -1.41. The highest BCUT2D eigenvalue weighted by Gasteiger charge is 2.33. The molecule has 2 saturated heterocycles. The third kappa shape index (κ3) is 4.85. The van der Waals surface area contributed by atoms with Gasteiger partial charge in [0, 0.05) is 13.1 Å². The molecule has 24 heavy (non-hydrogen) atoms. The third-order valence-electron chi connectivity index (χ3n) is 4.45. The van der Waals surface area contributed by atoms with Crippen molar-refractivity contribution in [2.75, 3.05) is 26.2 Å². The number of unbranched alkanes of at least 4 members (excludes halogenated alkanes) is 1. The Morgan fingerprint density at radius 3 is 2.58 bits per heavy atom. The van der Waals surface area contributed by atoms with Crippen molar-refractivity contribution in [2.45, 2.75) is 51.2 Å². The molecule has 0 aromatic rings. The van der Waals surface area contributed by atoms with Crippen LogP contribution in [0.3, 0.4) is 0 Å². The van der Waals surface area contributed by atoms with Crippen molar-refractivity contribution in [1.82, 2.24) is 20.9 Å². The van der Waals surface area contributed by atoms with Crippen molar-refractivity contribution in [3.8, 4) is 0 Å². The Bertz CT molecular complexity index is 522. The van der Waals surface area contributed by atoms with Gasteiger partial charge in [0.05, 0.1) is 25.2 Å². The van der Waals surface area contributed by atoms with Crippen LogP contribution >= 0.6 is 0 Å². The fraction of sp³-hybridized carbons (Fsp3) is 0.750. The quantitative estimate of drug-likeness (QED) is 0.527. The summed E-state index contributed by atoms with van der Waals surface area (Å²) < 4.78 is 0. The molecule has 134 valence electrons. The van der Waals surface area contributed by atoms with Gasteiger partial charge in [-0.25, -0.2) is 0 Å². The van der Waals surface area contributed by atoms with E-state index in [-0.39, 0.29) is 42.5 Å².